The van der Waals surface area contributed by atoms with Crippen LogP contribution in [-0.4, -0.2) is 0 Å². The van der Waals surface area contributed by atoms with Crippen molar-refractivity contribution >= 4 is 0 Å². The number of hydrogen-bond acceptors (Lipinski definition) is 1. The Hall–Kier alpha value is -0.770. The van der Waals surface area contributed by atoms with Gasteiger partial charge < -0.3 is 0 Å². The molecular weight excluding hydrogens is 122 g/mol. The Kier molecular flexibility index (Phi) is 3.79. The first-order valence-corrected chi connectivity index (χ1v) is 3.61. The van der Waals surface area contributed by atoms with Crippen molar-refractivity contribution in [2.24, 2.45) is 5.41 Å². The summed E-state index contributed by atoms with van der Waals surface area (Å²) in [6.07, 6.45) is 5.73. The highest BCUT2D eigenvalue weighted by molar-refractivity contribution is 4.93. The van der Waals surface area contributed by atoms with Gasteiger partial charge >= 0.3 is 0 Å². The Balaban J connectivity index is 3.49. The molecule has 0 bridgehead atoms. The predicted octanol–water partition coefficient (Wildman–Crippen LogP) is 2.89. The Morgan fingerprint density at radius 2 is 2.00 bits per heavy atom. The first-order valence-electron chi connectivity index (χ1n) is 3.61. The topological polar surface area (TPSA) is 23.8 Å². The Bertz CT molecular complexity index is 143. The van der Waals surface area contributed by atoms with Crippen LogP contribution in [0.5, 0.6) is 0 Å². The molecule has 0 rings (SSSR count). The van der Waals surface area contributed by atoms with Crippen LogP contribution in [0.2, 0.25) is 0 Å². The lowest BCUT2D eigenvalue weighted by Crippen LogP contribution is -1.97. The molecular formula is C9H15N. The molecule has 0 saturated carbocycles. The van der Waals surface area contributed by atoms with E-state index in [2.05, 4.69) is 39.0 Å². The summed E-state index contributed by atoms with van der Waals surface area (Å²) in [4.78, 5) is 0. The first kappa shape index (κ1) is 9.23. The summed E-state index contributed by atoms with van der Waals surface area (Å²) in [5.74, 6) is 0. The van der Waals surface area contributed by atoms with Crippen LogP contribution in [-0.2, 0) is 0 Å². The second-order valence-electron chi connectivity index (χ2n) is 3.47. The van der Waals surface area contributed by atoms with Crippen LogP contribution in [0.1, 0.15) is 33.6 Å². The highest BCUT2D eigenvalue weighted by atomic mass is 14.2. The first-order chi connectivity index (χ1) is 4.56. The minimum atomic E-state index is 0.259. The van der Waals surface area contributed by atoms with Crippen LogP contribution in [0.15, 0.2) is 12.2 Å². The second-order valence-corrected chi connectivity index (χ2v) is 3.47. The molecule has 0 atom stereocenters. The average molecular weight is 137 g/mol. The summed E-state index contributed by atoms with van der Waals surface area (Å²) in [6, 6.07) is 2.10. The molecule has 0 aliphatic carbocycles. The molecule has 0 aliphatic heterocycles. The van der Waals surface area contributed by atoms with E-state index in [1.165, 1.54) is 0 Å². The van der Waals surface area contributed by atoms with Gasteiger partial charge in [-0.2, -0.15) is 5.26 Å². The fourth-order valence-corrected chi connectivity index (χ4v) is 0.585. The van der Waals surface area contributed by atoms with Crippen LogP contribution in [0.25, 0.3) is 0 Å². The predicted molar refractivity (Wildman–Crippen MR) is 43.4 cm³/mol. The highest BCUT2D eigenvalue weighted by Gasteiger charge is 2.01. The Morgan fingerprint density at radius 1 is 1.40 bits per heavy atom. The zero-order chi connectivity index (χ0) is 8.04. The molecule has 0 saturated heterocycles. The molecule has 0 amide bonds. The molecule has 0 aromatic rings. The maximum atomic E-state index is 8.21. The van der Waals surface area contributed by atoms with Crippen molar-refractivity contribution in [3.05, 3.63) is 12.2 Å². The van der Waals surface area contributed by atoms with Crippen molar-refractivity contribution in [3.63, 3.8) is 0 Å². The summed E-state index contributed by atoms with van der Waals surface area (Å²) in [7, 11) is 0. The van der Waals surface area contributed by atoms with Crippen LogP contribution in [0.3, 0.4) is 0 Å². The fraction of sp³-hybridized carbons (Fsp3) is 0.667. The number of allylic oxidation sites excluding steroid dienone is 2. The second kappa shape index (κ2) is 4.11. The van der Waals surface area contributed by atoms with E-state index in [-0.39, 0.29) is 5.41 Å². The van der Waals surface area contributed by atoms with Crippen molar-refractivity contribution < 1.29 is 0 Å². The molecule has 56 valence electrons. The van der Waals surface area contributed by atoms with E-state index in [0.29, 0.717) is 6.42 Å². The zero-order valence-electron chi connectivity index (χ0n) is 7.02. The van der Waals surface area contributed by atoms with Gasteiger partial charge in [-0.1, -0.05) is 32.9 Å². The van der Waals surface area contributed by atoms with Crippen LogP contribution < -0.4 is 0 Å². The molecule has 1 nitrogen and oxygen atoms in total. The maximum absolute atomic E-state index is 8.21. The third-order valence-corrected chi connectivity index (χ3v) is 1.04. The summed E-state index contributed by atoms with van der Waals surface area (Å²) >= 11 is 0. The third-order valence-electron chi connectivity index (χ3n) is 1.04. The van der Waals surface area contributed by atoms with Gasteiger partial charge in [0.15, 0.2) is 0 Å². The van der Waals surface area contributed by atoms with Gasteiger partial charge in [0.05, 0.1) is 6.07 Å². The van der Waals surface area contributed by atoms with E-state index in [1.54, 1.807) is 0 Å². The van der Waals surface area contributed by atoms with Gasteiger partial charge in [-0.3, -0.25) is 0 Å². The van der Waals surface area contributed by atoms with Gasteiger partial charge in [-0.15, -0.1) is 0 Å². The van der Waals surface area contributed by atoms with Crippen LogP contribution in [0.4, 0.5) is 0 Å². The van der Waals surface area contributed by atoms with Gasteiger partial charge in [0, 0.05) is 6.42 Å². The smallest absolute Gasteiger partial charge is 0.0624 e. The van der Waals surface area contributed by atoms with E-state index in [0.717, 1.165) is 6.42 Å². The molecule has 0 unspecified atom stereocenters. The number of nitrogens with zero attached hydrogens (tertiary/aromatic N) is 1. The van der Waals surface area contributed by atoms with Crippen molar-refractivity contribution in [2.45, 2.75) is 33.6 Å². The van der Waals surface area contributed by atoms with E-state index in [9.17, 15) is 0 Å². The lowest BCUT2D eigenvalue weighted by atomic mass is 9.96. The number of rotatable bonds is 2. The average Bonchev–Trinajstić information content (AvgIpc) is 1.78. The zero-order valence-corrected chi connectivity index (χ0v) is 7.02. The van der Waals surface area contributed by atoms with Gasteiger partial charge in [0.2, 0.25) is 0 Å². The molecule has 0 N–H and O–H groups in total. The van der Waals surface area contributed by atoms with Gasteiger partial charge in [-0.05, 0) is 11.8 Å². The van der Waals surface area contributed by atoms with Gasteiger partial charge in [-0.25, -0.2) is 0 Å². The number of hydrogen-bond donors (Lipinski definition) is 0. The van der Waals surface area contributed by atoms with E-state index >= 15 is 0 Å². The van der Waals surface area contributed by atoms with E-state index < -0.39 is 0 Å². The number of unbranched alkanes of at least 4 members (excludes halogenated alkanes) is 1. The summed E-state index contributed by atoms with van der Waals surface area (Å²) in [6.45, 7) is 6.45. The molecule has 0 spiro atoms. The fourth-order valence-electron chi connectivity index (χ4n) is 0.585. The molecule has 0 fully saturated rings. The summed E-state index contributed by atoms with van der Waals surface area (Å²) in [5.41, 5.74) is 0.259. The van der Waals surface area contributed by atoms with E-state index in [1.807, 2.05) is 0 Å². The van der Waals surface area contributed by atoms with E-state index in [4.69, 9.17) is 5.26 Å². The molecule has 0 aromatic carbocycles. The largest absolute Gasteiger partial charge is 0.198 e. The number of nitriles is 1. The SMILES string of the molecule is CC(C)(C)C=CCCC#N. The monoisotopic (exact) mass is 137 g/mol. The molecule has 0 aromatic heterocycles. The van der Waals surface area contributed by atoms with Gasteiger partial charge in [0.25, 0.3) is 0 Å². The molecule has 0 radical (unpaired) electrons. The molecule has 1 heteroatoms. The van der Waals surface area contributed by atoms with Crippen molar-refractivity contribution in [2.75, 3.05) is 0 Å². The lowest BCUT2D eigenvalue weighted by Gasteiger charge is -2.10. The Labute approximate surface area is 63.4 Å². The minimum Gasteiger partial charge on any atom is -0.198 e. The third kappa shape index (κ3) is 7.23. The van der Waals surface area contributed by atoms with Crippen molar-refractivity contribution in [1.29, 1.82) is 5.26 Å². The standard InChI is InChI=1S/C9H15N/c1-9(2,3)7-5-4-6-8-10/h5,7H,4,6H2,1-3H3. The van der Waals surface area contributed by atoms with Crippen molar-refractivity contribution in [3.8, 4) is 6.07 Å². The normalized spacial score (nSPS) is 11.8. The molecule has 0 aliphatic rings. The summed E-state index contributed by atoms with van der Waals surface area (Å²) in [5, 5.41) is 8.21. The lowest BCUT2D eigenvalue weighted by molar-refractivity contribution is 0.542. The molecule has 0 heterocycles. The minimum absolute atomic E-state index is 0.259. The Morgan fingerprint density at radius 3 is 2.40 bits per heavy atom. The molecule has 10 heavy (non-hydrogen) atoms. The quantitative estimate of drug-likeness (QED) is 0.424. The van der Waals surface area contributed by atoms with Crippen LogP contribution in [0, 0.1) is 16.7 Å². The maximum Gasteiger partial charge on any atom is 0.0624 e. The van der Waals surface area contributed by atoms with Gasteiger partial charge in [0.1, 0.15) is 0 Å². The highest BCUT2D eigenvalue weighted by Crippen LogP contribution is 2.14. The summed E-state index contributed by atoms with van der Waals surface area (Å²) < 4.78 is 0. The van der Waals surface area contributed by atoms with Crippen molar-refractivity contribution in [1.82, 2.24) is 0 Å². The van der Waals surface area contributed by atoms with Crippen LogP contribution >= 0.6 is 0 Å².